The molecule has 0 bridgehead atoms. The molecule has 0 aromatic heterocycles. The van der Waals surface area contributed by atoms with E-state index in [4.69, 9.17) is 0 Å². The normalized spacial score (nSPS) is 31.2. The summed E-state index contributed by atoms with van der Waals surface area (Å²) in [5.74, 6) is 0.0618. The predicted octanol–water partition coefficient (Wildman–Crippen LogP) is 2.42. The van der Waals surface area contributed by atoms with E-state index in [0.717, 1.165) is 12.8 Å². The van der Waals surface area contributed by atoms with Gasteiger partial charge in [-0.15, -0.1) is 11.8 Å². The SMILES string of the molecule is CC[C@H](C)[C@@H](CN[C@H]1CC[C@@H](C)[C@H]2SC[C@@H](C(=O)O)N2C1=O)SC(C)=O. The van der Waals surface area contributed by atoms with Gasteiger partial charge in [-0.05, 0) is 24.7 Å². The third-order valence-electron chi connectivity index (χ3n) is 5.43. The molecule has 2 N–H and O–H groups in total. The van der Waals surface area contributed by atoms with Crippen LogP contribution in [0.1, 0.15) is 47.0 Å². The maximum absolute atomic E-state index is 13.1. The van der Waals surface area contributed by atoms with Crippen LogP contribution in [0.15, 0.2) is 0 Å². The van der Waals surface area contributed by atoms with Gasteiger partial charge in [-0.3, -0.25) is 9.59 Å². The van der Waals surface area contributed by atoms with E-state index in [0.29, 0.717) is 24.6 Å². The summed E-state index contributed by atoms with van der Waals surface area (Å²) < 4.78 is 0. The number of nitrogens with zero attached hydrogens (tertiary/aromatic N) is 1. The van der Waals surface area contributed by atoms with Crippen molar-refractivity contribution in [1.82, 2.24) is 10.2 Å². The highest BCUT2D eigenvalue weighted by Gasteiger charge is 2.47. The van der Waals surface area contributed by atoms with E-state index in [1.54, 1.807) is 23.6 Å². The molecule has 0 unspecified atom stereocenters. The zero-order chi connectivity index (χ0) is 19.4. The molecular formula is C18H30N2O4S2. The number of hydrogen-bond acceptors (Lipinski definition) is 6. The highest BCUT2D eigenvalue weighted by atomic mass is 32.2. The molecule has 0 radical (unpaired) electrons. The number of fused-ring (bicyclic) bond motifs is 1. The van der Waals surface area contributed by atoms with Gasteiger partial charge in [0.1, 0.15) is 6.04 Å². The fraction of sp³-hybridized carbons (Fsp3) is 0.833. The number of carboxylic acids is 1. The maximum Gasteiger partial charge on any atom is 0.327 e. The summed E-state index contributed by atoms with van der Waals surface area (Å²) in [4.78, 5) is 37.8. The van der Waals surface area contributed by atoms with Crippen molar-refractivity contribution in [1.29, 1.82) is 0 Å². The Bertz CT molecular complexity index is 545. The molecule has 2 aliphatic rings. The van der Waals surface area contributed by atoms with Gasteiger partial charge >= 0.3 is 5.97 Å². The molecular weight excluding hydrogens is 372 g/mol. The molecule has 6 nitrogen and oxygen atoms in total. The first-order valence-electron chi connectivity index (χ1n) is 9.33. The van der Waals surface area contributed by atoms with Crippen LogP contribution in [0.4, 0.5) is 0 Å². The summed E-state index contributed by atoms with van der Waals surface area (Å²) in [7, 11) is 0. The predicted molar refractivity (Wildman–Crippen MR) is 106 cm³/mol. The molecule has 8 heteroatoms. The van der Waals surface area contributed by atoms with Gasteiger partial charge in [0.05, 0.1) is 11.4 Å². The molecule has 1 amide bonds. The van der Waals surface area contributed by atoms with Crippen LogP contribution in [0, 0.1) is 11.8 Å². The van der Waals surface area contributed by atoms with Crippen LogP contribution >= 0.6 is 23.5 Å². The van der Waals surface area contributed by atoms with E-state index in [1.165, 1.54) is 11.8 Å². The van der Waals surface area contributed by atoms with Crippen LogP contribution in [0.2, 0.25) is 0 Å². The highest BCUT2D eigenvalue weighted by Crippen LogP contribution is 2.39. The lowest BCUT2D eigenvalue weighted by molar-refractivity contribution is -0.149. The largest absolute Gasteiger partial charge is 0.480 e. The molecule has 0 aromatic rings. The second kappa shape index (κ2) is 9.46. The van der Waals surface area contributed by atoms with Gasteiger partial charge in [0.15, 0.2) is 5.12 Å². The molecule has 6 atom stereocenters. The van der Waals surface area contributed by atoms with Gasteiger partial charge < -0.3 is 15.3 Å². The Balaban J connectivity index is 2.09. The molecule has 148 valence electrons. The Kier molecular flexibility index (Phi) is 7.85. The van der Waals surface area contributed by atoms with Crippen LogP contribution in [-0.2, 0) is 14.4 Å². The molecule has 0 aromatic carbocycles. The number of hydrogen-bond donors (Lipinski definition) is 2. The van der Waals surface area contributed by atoms with Crippen molar-refractivity contribution in [2.24, 2.45) is 11.8 Å². The molecule has 2 saturated heterocycles. The number of thioether (sulfide) groups is 2. The number of carbonyl (C=O) groups excluding carboxylic acids is 2. The van der Waals surface area contributed by atoms with E-state index in [9.17, 15) is 19.5 Å². The Morgan fingerprint density at radius 3 is 2.69 bits per heavy atom. The van der Waals surface area contributed by atoms with Crippen LogP contribution in [0.25, 0.3) is 0 Å². The summed E-state index contributed by atoms with van der Waals surface area (Å²) >= 11 is 2.91. The average molecular weight is 403 g/mol. The molecule has 2 fully saturated rings. The number of aliphatic carboxylic acids is 1. The average Bonchev–Trinajstić information content (AvgIpc) is 2.99. The molecule has 0 saturated carbocycles. The van der Waals surface area contributed by atoms with E-state index in [2.05, 4.69) is 26.1 Å². The molecule has 2 heterocycles. The van der Waals surface area contributed by atoms with Crippen molar-refractivity contribution < 1.29 is 19.5 Å². The zero-order valence-electron chi connectivity index (χ0n) is 15.9. The second-order valence-corrected chi connectivity index (χ2v) is 9.94. The van der Waals surface area contributed by atoms with Crippen LogP contribution in [0.5, 0.6) is 0 Å². The fourth-order valence-electron chi connectivity index (χ4n) is 3.59. The van der Waals surface area contributed by atoms with Gasteiger partial charge in [0.2, 0.25) is 5.91 Å². The Morgan fingerprint density at radius 1 is 1.42 bits per heavy atom. The minimum atomic E-state index is -0.925. The van der Waals surface area contributed by atoms with Gasteiger partial charge in [0.25, 0.3) is 0 Å². The van der Waals surface area contributed by atoms with Crippen LogP contribution in [0.3, 0.4) is 0 Å². The van der Waals surface area contributed by atoms with Crippen LogP contribution < -0.4 is 5.32 Å². The van der Waals surface area contributed by atoms with Crippen molar-refractivity contribution in [2.45, 2.75) is 69.7 Å². The standard InChI is InChI=1S/C18H30N2O4S2/c1-5-10(2)15(26-12(4)21)8-19-13-7-6-11(3)17-20(16(13)22)14(9-25-17)18(23)24/h10-11,13-15,17,19H,5-9H2,1-4H3,(H,23,24)/t10-,11+,13-,14-,15+,17+/m0/s1. The quantitative estimate of drug-likeness (QED) is 0.676. The lowest BCUT2D eigenvalue weighted by atomic mass is 10.0. The molecule has 26 heavy (non-hydrogen) atoms. The molecule has 2 rings (SSSR count). The van der Waals surface area contributed by atoms with Crippen LogP contribution in [-0.4, -0.2) is 62.0 Å². The van der Waals surface area contributed by atoms with E-state index in [1.807, 2.05) is 0 Å². The van der Waals surface area contributed by atoms with Crippen molar-refractivity contribution in [3.63, 3.8) is 0 Å². The Labute approximate surface area is 164 Å². The third-order valence-corrected chi connectivity index (χ3v) is 8.24. The third kappa shape index (κ3) is 4.95. The summed E-state index contributed by atoms with van der Waals surface area (Å²) in [6.45, 7) is 8.46. The smallest absolute Gasteiger partial charge is 0.327 e. The zero-order valence-corrected chi connectivity index (χ0v) is 17.6. The van der Waals surface area contributed by atoms with Gasteiger partial charge in [0, 0.05) is 24.5 Å². The summed E-state index contributed by atoms with van der Waals surface area (Å²) in [5, 5.41) is 13.0. The second-order valence-electron chi connectivity index (χ2n) is 7.37. The molecule has 0 aliphatic carbocycles. The van der Waals surface area contributed by atoms with E-state index in [-0.39, 0.29) is 33.6 Å². The van der Waals surface area contributed by atoms with E-state index < -0.39 is 12.0 Å². The molecule has 0 spiro atoms. The summed E-state index contributed by atoms with van der Waals surface area (Å²) in [6.07, 6.45) is 2.56. The Hall–Kier alpha value is -0.730. The number of nitrogens with one attached hydrogen (secondary N) is 1. The first kappa shape index (κ1) is 21.6. The van der Waals surface area contributed by atoms with Crippen molar-refractivity contribution in [3.8, 4) is 0 Å². The topological polar surface area (TPSA) is 86.7 Å². The minimum Gasteiger partial charge on any atom is -0.480 e. The fourth-order valence-corrected chi connectivity index (χ4v) is 6.18. The Morgan fingerprint density at radius 2 is 2.12 bits per heavy atom. The molecule has 2 aliphatic heterocycles. The number of rotatable bonds is 7. The summed E-state index contributed by atoms with van der Waals surface area (Å²) in [6, 6.07) is -1.11. The summed E-state index contributed by atoms with van der Waals surface area (Å²) in [5.41, 5.74) is 0. The van der Waals surface area contributed by atoms with E-state index >= 15 is 0 Å². The van der Waals surface area contributed by atoms with Crippen molar-refractivity contribution in [3.05, 3.63) is 0 Å². The number of carbonyl (C=O) groups is 3. The van der Waals surface area contributed by atoms with Gasteiger partial charge in [-0.2, -0.15) is 0 Å². The lowest BCUT2D eigenvalue weighted by Gasteiger charge is -2.31. The van der Waals surface area contributed by atoms with Gasteiger partial charge in [-0.25, -0.2) is 4.79 Å². The number of carboxylic acid groups (broad SMARTS) is 1. The monoisotopic (exact) mass is 402 g/mol. The first-order chi connectivity index (χ1) is 12.3. The number of amides is 1. The van der Waals surface area contributed by atoms with Crippen molar-refractivity contribution >= 4 is 40.5 Å². The van der Waals surface area contributed by atoms with Gasteiger partial charge in [-0.1, -0.05) is 39.0 Å². The lowest BCUT2D eigenvalue weighted by Crippen LogP contribution is -2.53. The maximum atomic E-state index is 13.1. The minimum absolute atomic E-state index is 0.0487. The first-order valence-corrected chi connectivity index (χ1v) is 11.3. The highest BCUT2D eigenvalue weighted by molar-refractivity contribution is 8.14. The van der Waals surface area contributed by atoms with Crippen molar-refractivity contribution in [2.75, 3.05) is 12.3 Å².